The molecule has 2 fully saturated rings. The van der Waals surface area contributed by atoms with Crippen molar-refractivity contribution < 1.29 is 9.90 Å². The van der Waals surface area contributed by atoms with Gasteiger partial charge in [-0.2, -0.15) is 0 Å². The van der Waals surface area contributed by atoms with Gasteiger partial charge < -0.3 is 5.11 Å². The minimum absolute atomic E-state index is 0.0206. The van der Waals surface area contributed by atoms with Gasteiger partial charge in [0.15, 0.2) is 6.29 Å². The number of phenols is 1. The molecule has 108 valence electrons. The Morgan fingerprint density at radius 3 is 2.35 bits per heavy atom. The molecule has 1 aromatic carbocycles. The van der Waals surface area contributed by atoms with E-state index in [1.807, 2.05) is 6.07 Å². The molecule has 3 rings (SSSR count). The first-order chi connectivity index (χ1) is 9.41. The Morgan fingerprint density at radius 2 is 1.90 bits per heavy atom. The average Bonchev–Trinajstić information content (AvgIpc) is 2.97. The Morgan fingerprint density at radius 1 is 1.25 bits per heavy atom. The van der Waals surface area contributed by atoms with E-state index in [9.17, 15) is 9.90 Å². The average molecular weight is 273 g/mol. The van der Waals surface area contributed by atoms with Crippen molar-refractivity contribution in [3.05, 3.63) is 28.8 Å². The number of benzene rings is 1. The Balaban J connectivity index is 2.12. The summed E-state index contributed by atoms with van der Waals surface area (Å²) in [6.45, 7) is 8.65. The zero-order valence-electron chi connectivity index (χ0n) is 12.5. The molecule has 2 bridgehead atoms. The summed E-state index contributed by atoms with van der Waals surface area (Å²) in [6.07, 6.45) is 3.20. The van der Waals surface area contributed by atoms with Crippen molar-refractivity contribution in [1.82, 2.24) is 4.90 Å². The maximum Gasteiger partial charge on any atom is 0.153 e. The predicted molar refractivity (Wildman–Crippen MR) is 79.2 cm³/mol. The van der Waals surface area contributed by atoms with Crippen LogP contribution in [0.3, 0.4) is 0 Å². The highest BCUT2D eigenvalue weighted by molar-refractivity contribution is 5.81. The topological polar surface area (TPSA) is 40.5 Å². The molecule has 2 aliphatic rings. The molecule has 0 aromatic heterocycles. The second-order valence-electron chi connectivity index (χ2n) is 7.19. The first-order valence-corrected chi connectivity index (χ1v) is 7.48. The highest BCUT2D eigenvalue weighted by atomic mass is 16.3. The molecule has 0 aliphatic carbocycles. The Hall–Kier alpha value is -1.35. The number of phenolic OH excluding ortho intramolecular Hbond substituents is 1. The first-order valence-electron chi connectivity index (χ1n) is 7.48. The van der Waals surface area contributed by atoms with Crippen molar-refractivity contribution in [3.8, 4) is 5.75 Å². The summed E-state index contributed by atoms with van der Waals surface area (Å²) in [4.78, 5) is 13.7. The van der Waals surface area contributed by atoms with Crippen molar-refractivity contribution in [3.63, 3.8) is 0 Å². The highest BCUT2D eigenvalue weighted by Crippen LogP contribution is 2.48. The van der Waals surface area contributed by atoms with Crippen LogP contribution in [0.15, 0.2) is 12.1 Å². The van der Waals surface area contributed by atoms with Gasteiger partial charge >= 0.3 is 0 Å². The molecule has 20 heavy (non-hydrogen) atoms. The SMILES string of the molecule is CC(C)(C)c1cc(C=O)c(O)c(C2C3CCN2CC3)c1. The smallest absolute Gasteiger partial charge is 0.153 e. The lowest BCUT2D eigenvalue weighted by atomic mass is 9.82. The molecular weight excluding hydrogens is 250 g/mol. The van der Waals surface area contributed by atoms with Crippen LogP contribution < -0.4 is 0 Å². The zero-order chi connectivity index (χ0) is 14.5. The lowest BCUT2D eigenvalue weighted by Gasteiger charge is -2.26. The molecule has 3 heteroatoms. The second kappa shape index (κ2) is 4.59. The molecule has 2 saturated heterocycles. The van der Waals surface area contributed by atoms with Gasteiger partial charge in [0.25, 0.3) is 0 Å². The molecule has 1 unspecified atom stereocenters. The molecule has 0 spiro atoms. The molecule has 1 atom stereocenters. The van der Waals surface area contributed by atoms with Gasteiger partial charge in [-0.05, 0) is 55.0 Å². The maximum absolute atomic E-state index is 11.3. The monoisotopic (exact) mass is 273 g/mol. The molecular formula is C17H23NO2. The van der Waals surface area contributed by atoms with Crippen molar-refractivity contribution in [2.75, 3.05) is 13.1 Å². The van der Waals surface area contributed by atoms with Crippen LogP contribution in [0.25, 0.3) is 0 Å². The predicted octanol–water partition coefficient (Wildman–Crippen LogP) is 3.27. The van der Waals surface area contributed by atoms with Crippen molar-refractivity contribution in [2.45, 2.75) is 45.1 Å². The van der Waals surface area contributed by atoms with Crippen molar-refractivity contribution in [2.24, 2.45) is 5.92 Å². The Kier molecular flexibility index (Phi) is 3.13. The second-order valence-corrected chi connectivity index (χ2v) is 7.19. The van der Waals surface area contributed by atoms with Gasteiger partial charge in [-0.3, -0.25) is 9.69 Å². The summed E-state index contributed by atoms with van der Waals surface area (Å²) in [6, 6.07) is 4.25. The third-order valence-electron chi connectivity index (χ3n) is 4.89. The van der Waals surface area contributed by atoms with Gasteiger partial charge in [-0.25, -0.2) is 0 Å². The number of aldehydes is 1. The number of aromatic hydroxyl groups is 1. The summed E-state index contributed by atoms with van der Waals surface area (Å²) in [5, 5.41) is 10.4. The van der Waals surface area contributed by atoms with Crippen molar-refractivity contribution in [1.29, 1.82) is 0 Å². The number of hydrogen-bond acceptors (Lipinski definition) is 3. The summed E-state index contributed by atoms with van der Waals surface area (Å²) in [5.41, 5.74) is 2.49. The number of carbonyl (C=O) groups excluding carboxylic acids is 1. The van der Waals surface area contributed by atoms with Gasteiger partial charge in [-0.1, -0.05) is 20.8 Å². The fourth-order valence-electron chi connectivity index (χ4n) is 3.69. The molecule has 1 N–H and O–H groups in total. The van der Waals surface area contributed by atoms with E-state index in [0.29, 0.717) is 17.5 Å². The summed E-state index contributed by atoms with van der Waals surface area (Å²) in [7, 11) is 0. The van der Waals surface area contributed by atoms with Gasteiger partial charge in [0, 0.05) is 11.6 Å². The molecule has 0 saturated carbocycles. The largest absolute Gasteiger partial charge is 0.507 e. The number of nitrogens with zero attached hydrogens (tertiary/aromatic N) is 1. The molecule has 0 amide bonds. The van der Waals surface area contributed by atoms with Crippen LogP contribution in [0, 0.1) is 5.92 Å². The highest BCUT2D eigenvalue weighted by Gasteiger charge is 2.42. The van der Waals surface area contributed by atoms with E-state index in [-0.39, 0.29) is 11.2 Å². The lowest BCUT2D eigenvalue weighted by Crippen LogP contribution is -2.21. The molecule has 2 aliphatic heterocycles. The quantitative estimate of drug-likeness (QED) is 0.841. The van der Waals surface area contributed by atoms with E-state index in [1.54, 1.807) is 0 Å². The van der Waals surface area contributed by atoms with Gasteiger partial charge in [0.1, 0.15) is 5.75 Å². The Labute approximate surface area is 120 Å². The van der Waals surface area contributed by atoms with E-state index >= 15 is 0 Å². The number of piperidine rings is 1. The maximum atomic E-state index is 11.3. The van der Waals surface area contributed by atoms with Crippen LogP contribution in [0.5, 0.6) is 5.75 Å². The zero-order valence-corrected chi connectivity index (χ0v) is 12.5. The van der Waals surface area contributed by atoms with Crippen LogP contribution in [-0.4, -0.2) is 29.4 Å². The Bertz CT molecular complexity index is 525. The number of carbonyl (C=O) groups is 1. The fraction of sp³-hybridized carbons (Fsp3) is 0.588. The minimum atomic E-state index is -0.0206. The van der Waals surface area contributed by atoms with Crippen LogP contribution in [0.4, 0.5) is 0 Å². The molecule has 3 nitrogen and oxygen atoms in total. The fourth-order valence-corrected chi connectivity index (χ4v) is 3.69. The van der Waals surface area contributed by atoms with Gasteiger partial charge in [0.05, 0.1) is 5.56 Å². The lowest BCUT2D eigenvalue weighted by molar-refractivity contribution is 0.112. The van der Waals surface area contributed by atoms with E-state index in [1.165, 1.54) is 12.8 Å². The van der Waals surface area contributed by atoms with Gasteiger partial charge in [0.2, 0.25) is 0 Å². The number of rotatable bonds is 2. The molecule has 1 aromatic rings. The molecule has 2 heterocycles. The van der Waals surface area contributed by atoms with Crippen LogP contribution in [-0.2, 0) is 5.41 Å². The number of fused-ring (bicyclic) bond motifs is 2. The normalized spacial score (nSPS) is 28.9. The minimum Gasteiger partial charge on any atom is -0.507 e. The summed E-state index contributed by atoms with van der Waals surface area (Å²) < 4.78 is 0. The van der Waals surface area contributed by atoms with Crippen molar-refractivity contribution >= 4 is 6.29 Å². The van der Waals surface area contributed by atoms with E-state index in [0.717, 1.165) is 30.5 Å². The van der Waals surface area contributed by atoms with Gasteiger partial charge in [-0.15, -0.1) is 0 Å². The van der Waals surface area contributed by atoms with E-state index in [4.69, 9.17) is 0 Å². The van der Waals surface area contributed by atoms with Crippen LogP contribution in [0.2, 0.25) is 0 Å². The third-order valence-corrected chi connectivity index (χ3v) is 4.89. The van der Waals surface area contributed by atoms with E-state index < -0.39 is 0 Å². The summed E-state index contributed by atoms with van der Waals surface area (Å²) in [5.74, 6) is 0.826. The third kappa shape index (κ3) is 2.05. The summed E-state index contributed by atoms with van der Waals surface area (Å²) >= 11 is 0. The first kappa shape index (κ1) is 13.6. The van der Waals surface area contributed by atoms with E-state index in [2.05, 4.69) is 31.7 Å². The van der Waals surface area contributed by atoms with Crippen LogP contribution in [0.1, 0.15) is 61.1 Å². The standard InChI is InChI=1S/C17H23NO2/c1-17(2,3)13-8-12(10-19)16(20)14(9-13)15-11-4-6-18(15)7-5-11/h8-11,15,20H,4-7H2,1-3H3. The molecule has 0 radical (unpaired) electrons. The number of hydrogen-bond donors (Lipinski definition) is 1. The van der Waals surface area contributed by atoms with Crippen LogP contribution >= 0.6 is 0 Å².